The van der Waals surface area contributed by atoms with E-state index < -0.39 is 0 Å². The van der Waals surface area contributed by atoms with E-state index in [4.69, 9.17) is 5.73 Å². The van der Waals surface area contributed by atoms with Crippen molar-refractivity contribution in [1.29, 1.82) is 0 Å². The molecule has 1 amide bonds. The number of nitrogens with zero attached hydrogens (tertiary/aromatic N) is 1. The fraction of sp³-hybridized carbons (Fsp3) is 0.562. The number of amides is 1. The topological polar surface area (TPSA) is 46.3 Å². The Morgan fingerprint density at radius 1 is 1.37 bits per heavy atom. The second-order valence-electron chi connectivity index (χ2n) is 5.67. The normalized spacial score (nSPS) is 23.4. The van der Waals surface area contributed by atoms with Crippen LogP contribution in [0.5, 0.6) is 0 Å². The first kappa shape index (κ1) is 14.1. The maximum Gasteiger partial charge on any atom is 0.227 e. The van der Waals surface area contributed by atoms with Gasteiger partial charge in [0.2, 0.25) is 5.91 Å². The Hall–Kier alpha value is -1.35. The number of nitrogens with two attached hydrogens (primary N) is 1. The summed E-state index contributed by atoms with van der Waals surface area (Å²) in [5.74, 6) is 0.728. The Bertz CT molecular complexity index is 427. The molecule has 1 fully saturated rings. The quantitative estimate of drug-likeness (QED) is 0.905. The molecule has 1 aromatic carbocycles. The predicted octanol–water partition coefficient (Wildman–Crippen LogP) is 2.12. The van der Waals surface area contributed by atoms with Crippen LogP contribution in [0.1, 0.15) is 30.9 Å². The molecule has 1 aliphatic heterocycles. The van der Waals surface area contributed by atoms with Crippen molar-refractivity contribution in [3.05, 3.63) is 35.4 Å². The number of likely N-dealkylation sites (tertiary alicyclic amines) is 1. The van der Waals surface area contributed by atoms with Crippen LogP contribution in [-0.2, 0) is 11.2 Å². The molecule has 2 N–H and O–H groups in total. The van der Waals surface area contributed by atoms with Gasteiger partial charge in [0.25, 0.3) is 0 Å². The van der Waals surface area contributed by atoms with E-state index in [1.807, 2.05) is 17.0 Å². The van der Waals surface area contributed by atoms with E-state index in [2.05, 4.69) is 26.0 Å². The van der Waals surface area contributed by atoms with Crippen LogP contribution in [0, 0.1) is 12.8 Å². The third-order valence-corrected chi connectivity index (χ3v) is 4.15. The Kier molecular flexibility index (Phi) is 4.59. The molecule has 1 heterocycles. The van der Waals surface area contributed by atoms with Gasteiger partial charge >= 0.3 is 0 Å². The van der Waals surface area contributed by atoms with Gasteiger partial charge in [-0.2, -0.15) is 0 Å². The van der Waals surface area contributed by atoms with Gasteiger partial charge < -0.3 is 10.6 Å². The average Bonchev–Trinajstić information content (AvgIpc) is 2.41. The summed E-state index contributed by atoms with van der Waals surface area (Å²) in [7, 11) is 0. The number of rotatable bonds is 3. The minimum absolute atomic E-state index is 0.214. The molecule has 0 spiro atoms. The molecular formula is C16H24N2O. The highest BCUT2D eigenvalue weighted by Gasteiger charge is 2.30. The van der Waals surface area contributed by atoms with Crippen LogP contribution in [0.2, 0.25) is 0 Å². The van der Waals surface area contributed by atoms with Crippen molar-refractivity contribution in [3.63, 3.8) is 0 Å². The van der Waals surface area contributed by atoms with Crippen LogP contribution in [0.3, 0.4) is 0 Å². The number of carbonyl (C=O) groups is 1. The SMILES string of the molecule is Cc1ccc(CC(=O)N2CCC[C@@H](C)[C@H]2CN)cc1. The van der Waals surface area contributed by atoms with Gasteiger partial charge in [-0.15, -0.1) is 0 Å². The maximum atomic E-state index is 12.4. The highest BCUT2D eigenvalue weighted by Crippen LogP contribution is 2.23. The minimum Gasteiger partial charge on any atom is -0.338 e. The molecule has 0 bridgehead atoms. The zero-order valence-electron chi connectivity index (χ0n) is 11.9. The molecular weight excluding hydrogens is 236 g/mol. The lowest BCUT2D eigenvalue weighted by Crippen LogP contribution is -2.51. The fourth-order valence-corrected chi connectivity index (χ4v) is 2.90. The fourth-order valence-electron chi connectivity index (χ4n) is 2.90. The molecule has 1 aliphatic rings. The van der Waals surface area contributed by atoms with Crippen LogP contribution < -0.4 is 5.73 Å². The molecule has 104 valence electrons. The van der Waals surface area contributed by atoms with E-state index >= 15 is 0 Å². The van der Waals surface area contributed by atoms with Crippen molar-refractivity contribution in [2.24, 2.45) is 11.7 Å². The lowest BCUT2D eigenvalue weighted by Gasteiger charge is -2.39. The first-order valence-electron chi connectivity index (χ1n) is 7.17. The van der Waals surface area contributed by atoms with E-state index in [9.17, 15) is 4.79 Å². The highest BCUT2D eigenvalue weighted by molar-refractivity contribution is 5.79. The molecule has 3 heteroatoms. The van der Waals surface area contributed by atoms with E-state index in [0.29, 0.717) is 18.9 Å². The first-order valence-corrected chi connectivity index (χ1v) is 7.17. The van der Waals surface area contributed by atoms with Crippen molar-refractivity contribution in [2.75, 3.05) is 13.1 Å². The molecule has 0 aromatic heterocycles. The molecule has 0 radical (unpaired) electrons. The van der Waals surface area contributed by atoms with Crippen LogP contribution in [-0.4, -0.2) is 29.9 Å². The Labute approximate surface area is 115 Å². The van der Waals surface area contributed by atoms with Crippen LogP contribution in [0.15, 0.2) is 24.3 Å². The van der Waals surface area contributed by atoms with Crippen molar-refractivity contribution >= 4 is 5.91 Å². The van der Waals surface area contributed by atoms with Gasteiger partial charge in [0.15, 0.2) is 0 Å². The van der Waals surface area contributed by atoms with Gasteiger partial charge in [0.1, 0.15) is 0 Å². The molecule has 2 rings (SSSR count). The number of hydrogen-bond acceptors (Lipinski definition) is 2. The van der Waals surface area contributed by atoms with Gasteiger partial charge in [0.05, 0.1) is 6.42 Å². The first-order chi connectivity index (χ1) is 9.11. The van der Waals surface area contributed by atoms with Crippen LogP contribution in [0.4, 0.5) is 0 Å². The van der Waals surface area contributed by atoms with Crippen molar-refractivity contribution < 1.29 is 4.79 Å². The molecule has 3 nitrogen and oxygen atoms in total. The summed E-state index contributed by atoms with van der Waals surface area (Å²) >= 11 is 0. The summed E-state index contributed by atoms with van der Waals surface area (Å²) < 4.78 is 0. The van der Waals surface area contributed by atoms with E-state index in [0.717, 1.165) is 18.5 Å². The van der Waals surface area contributed by atoms with E-state index in [1.54, 1.807) is 0 Å². The summed E-state index contributed by atoms with van der Waals surface area (Å²) in [6.45, 7) is 5.68. The number of piperidine rings is 1. The molecule has 2 atom stereocenters. The Balaban J connectivity index is 2.04. The van der Waals surface area contributed by atoms with Crippen molar-refractivity contribution in [1.82, 2.24) is 4.90 Å². The Morgan fingerprint density at radius 2 is 2.05 bits per heavy atom. The third-order valence-electron chi connectivity index (χ3n) is 4.15. The molecule has 0 saturated carbocycles. The Morgan fingerprint density at radius 3 is 2.68 bits per heavy atom. The number of aryl methyl sites for hydroxylation is 1. The average molecular weight is 260 g/mol. The summed E-state index contributed by atoms with van der Waals surface area (Å²) in [4.78, 5) is 14.4. The van der Waals surface area contributed by atoms with Gasteiger partial charge in [-0.25, -0.2) is 0 Å². The minimum atomic E-state index is 0.214. The zero-order chi connectivity index (χ0) is 13.8. The summed E-state index contributed by atoms with van der Waals surface area (Å²) in [6, 6.07) is 8.41. The van der Waals surface area contributed by atoms with Gasteiger partial charge in [-0.3, -0.25) is 4.79 Å². The van der Waals surface area contributed by atoms with Gasteiger partial charge in [0, 0.05) is 19.1 Å². The second-order valence-corrected chi connectivity index (χ2v) is 5.67. The number of benzene rings is 1. The summed E-state index contributed by atoms with van der Waals surface area (Å²) in [6.07, 6.45) is 2.76. The highest BCUT2D eigenvalue weighted by atomic mass is 16.2. The molecule has 1 aromatic rings. The van der Waals surface area contributed by atoms with Gasteiger partial charge in [-0.1, -0.05) is 36.8 Å². The molecule has 1 saturated heterocycles. The second kappa shape index (κ2) is 6.20. The molecule has 0 unspecified atom stereocenters. The van der Waals surface area contributed by atoms with E-state index in [1.165, 1.54) is 12.0 Å². The number of carbonyl (C=O) groups excluding carboxylic acids is 1. The molecule has 19 heavy (non-hydrogen) atoms. The predicted molar refractivity (Wildman–Crippen MR) is 77.8 cm³/mol. The molecule has 0 aliphatic carbocycles. The van der Waals surface area contributed by atoms with Crippen molar-refractivity contribution in [3.8, 4) is 0 Å². The smallest absolute Gasteiger partial charge is 0.227 e. The third kappa shape index (κ3) is 3.35. The standard InChI is InChI=1S/C16H24N2O/c1-12-5-7-14(8-6-12)10-16(19)18-9-3-4-13(2)15(18)11-17/h5-8,13,15H,3-4,9-11,17H2,1-2H3/t13-,15-/m1/s1. The van der Waals surface area contributed by atoms with Crippen LogP contribution in [0.25, 0.3) is 0 Å². The lowest BCUT2D eigenvalue weighted by atomic mass is 9.90. The summed E-state index contributed by atoms with van der Waals surface area (Å²) in [5.41, 5.74) is 8.15. The lowest BCUT2D eigenvalue weighted by molar-refractivity contribution is -0.135. The monoisotopic (exact) mass is 260 g/mol. The zero-order valence-corrected chi connectivity index (χ0v) is 11.9. The van der Waals surface area contributed by atoms with Crippen molar-refractivity contribution in [2.45, 2.75) is 39.2 Å². The summed E-state index contributed by atoms with van der Waals surface area (Å²) in [5, 5.41) is 0. The van der Waals surface area contributed by atoms with Gasteiger partial charge in [-0.05, 0) is 31.2 Å². The number of hydrogen-bond donors (Lipinski definition) is 1. The largest absolute Gasteiger partial charge is 0.338 e. The van der Waals surface area contributed by atoms with Crippen LogP contribution >= 0.6 is 0 Å². The maximum absolute atomic E-state index is 12.4. The van der Waals surface area contributed by atoms with E-state index in [-0.39, 0.29) is 11.9 Å².